The van der Waals surface area contributed by atoms with Gasteiger partial charge in [0.15, 0.2) is 0 Å². The Morgan fingerprint density at radius 1 is 1.39 bits per heavy atom. The van der Waals surface area contributed by atoms with Gasteiger partial charge in [0.25, 0.3) is 0 Å². The van der Waals surface area contributed by atoms with Crippen molar-refractivity contribution in [2.45, 2.75) is 51.6 Å². The SMILES string of the molecule is CC(C)(C)OC(=O)N1CCC(c2ccnc(CCN)n2)CC1.Cl. The lowest BCUT2D eigenvalue weighted by atomic mass is 9.93. The van der Waals surface area contributed by atoms with E-state index < -0.39 is 5.60 Å². The van der Waals surface area contributed by atoms with Gasteiger partial charge in [0.2, 0.25) is 0 Å². The van der Waals surface area contributed by atoms with Crippen LogP contribution in [0.15, 0.2) is 12.3 Å². The van der Waals surface area contributed by atoms with Crippen molar-refractivity contribution in [3.8, 4) is 0 Å². The third-order valence-electron chi connectivity index (χ3n) is 3.66. The Bertz CT molecular complexity index is 511. The molecule has 1 aromatic heterocycles. The van der Waals surface area contributed by atoms with Gasteiger partial charge in [-0.2, -0.15) is 0 Å². The van der Waals surface area contributed by atoms with Crippen LogP contribution in [-0.4, -0.2) is 46.2 Å². The second kappa shape index (κ2) is 8.45. The van der Waals surface area contributed by atoms with Gasteiger partial charge in [-0.3, -0.25) is 0 Å². The fourth-order valence-corrected chi connectivity index (χ4v) is 2.58. The first-order valence-electron chi connectivity index (χ1n) is 7.89. The number of aromatic nitrogens is 2. The lowest BCUT2D eigenvalue weighted by Crippen LogP contribution is -2.41. The molecule has 1 fully saturated rings. The number of ether oxygens (including phenoxy) is 1. The zero-order chi connectivity index (χ0) is 16.2. The molecule has 2 heterocycles. The molecule has 0 atom stereocenters. The van der Waals surface area contributed by atoms with Gasteiger partial charge >= 0.3 is 6.09 Å². The Labute approximate surface area is 144 Å². The van der Waals surface area contributed by atoms with Gasteiger partial charge < -0.3 is 15.4 Å². The van der Waals surface area contributed by atoms with Gasteiger partial charge in [-0.05, 0) is 46.2 Å². The molecule has 0 aromatic carbocycles. The summed E-state index contributed by atoms with van der Waals surface area (Å²) in [5, 5.41) is 0. The minimum atomic E-state index is -0.447. The highest BCUT2D eigenvalue weighted by Gasteiger charge is 2.28. The van der Waals surface area contributed by atoms with Gasteiger partial charge in [-0.15, -0.1) is 12.4 Å². The Morgan fingerprint density at radius 2 is 2.04 bits per heavy atom. The van der Waals surface area contributed by atoms with Crippen molar-refractivity contribution in [3.63, 3.8) is 0 Å². The number of carbonyl (C=O) groups excluding carboxylic acids is 1. The third kappa shape index (κ3) is 5.95. The Morgan fingerprint density at radius 3 is 2.61 bits per heavy atom. The van der Waals surface area contributed by atoms with E-state index in [0.29, 0.717) is 32.0 Å². The maximum Gasteiger partial charge on any atom is 0.410 e. The summed E-state index contributed by atoms with van der Waals surface area (Å²) >= 11 is 0. The lowest BCUT2D eigenvalue weighted by Gasteiger charge is -2.33. The van der Waals surface area contributed by atoms with Crippen LogP contribution in [0.4, 0.5) is 4.79 Å². The Hall–Kier alpha value is -1.40. The van der Waals surface area contributed by atoms with Crippen LogP contribution < -0.4 is 5.73 Å². The molecule has 1 aliphatic heterocycles. The molecule has 1 aliphatic rings. The van der Waals surface area contributed by atoms with E-state index in [1.165, 1.54) is 0 Å². The number of amides is 1. The highest BCUT2D eigenvalue weighted by Crippen LogP contribution is 2.27. The molecule has 0 aliphatic carbocycles. The first-order valence-corrected chi connectivity index (χ1v) is 7.89. The Kier molecular flexibility index (Phi) is 7.22. The quantitative estimate of drug-likeness (QED) is 0.912. The van der Waals surface area contributed by atoms with Crippen molar-refractivity contribution < 1.29 is 9.53 Å². The van der Waals surface area contributed by atoms with Gasteiger partial charge in [0.05, 0.1) is 0 Å². The predicted octanol–water partition coefficient (Wildman–Crippen LogP) is 2.51. The molecule has 1 aromatic rings. The van der Waals surface area contributed by atoms with Crippen LogP contribution in [0.2, 0.25) is 0 Å². The molecule has 0 spiro atoms. The number of carbonyl (C=O) groups is 1. The summed E-state index contributed by atoms with van der Waals surface area (Å²) in [6, 6.07) is 1.97. The van der Waals surface area contributed by atoms with Crippen LogP contribution in [-0.2, 0) is 11.2 Å². The average Bonchev–Trinajstić information content (AvgIpc) is 2.46. The summed E-state index contributed by atoms with van der Waals surface area (Å²) in [5.41, 5.74) is 6.16. The second-order valence-corrected chi connectivity index (χ2v) is 6.68. The smallest absolute Gasteiger partial charge is 0.410 e. The lowest BCUT2D eigenvalue weighted by molar-refractivity contribution is 0.0204. The molecule has 130 valence electrons. The first-order chi connectivity index (χ1) is 10.4. The van der Waals surface area contributed by atoms with E-state index in [2.05, 4.69) is 9.97 Å². The molecular formula is C16H27ClN4O2. The topological polar surface area (TPSA) is 81.3 Å². The van der Waals surface area contributed by atoms with Crippen molar-refractivity contribution in [1.29, 1.82) is 0 Å². The molecule has 1 saturated heterocycles. The molecule has 7 heteroatoms. The molecule has 0 radical (unpaired) electrons. The number of halogens is 1. The number of rotatable bonds is 3. The van der Waals surface area contributed by atoms with Crippen molar-refractivity contribution >= 4 is 18.5 Å². The zero-order valence-electron chi connectivity index (χ0n) is 14.1. The summed E-state index contributed by atoms with van der Waals surface area (Å²) in [5.74, 6) is 1.17. The van der Waals surface area contributed by atoms with E-state index in [0.717, 1.165) is 24.4 Å². The van der Waals surface area contributed by atoms with Crippen LogP contribution in [0.5, 0.6) is 0 Å². The van der Waals surface area contributed by atoms with E-state index in [1.807, 2.05) is 26.8 Å². The predicted molar refractivity (Wildman–Crippen MR) is 91.8 cm³/mol. The van der Waals surface area contributed by atoms with Gasteiger partial charge in [0, 0.05) is 37.3 Å². The fourth-order valence-electron chi connectivity index (χ4n) is 2.58. The Balaban J connectivity index is 0.00000264. The average molecular weight is 343 g/mol. The standard InChI is InChI=1S/C16H26N4O2.ClH/c1-16(2,3)22-15(21)20-10-6-12(7-11-20)13-5-9-18-14(19-13)4-8-17;/h5,9,12H,4,6-8,10-11,17H2,1-3H3;1H. The van der Waals surface area contributed by atoms with E-state index in [4.69, 9.17) is 10.5 Å². The van der Waals surface area contributed by atoms with Crippen LogP contribution in [0, 0.1) is 0 Å². The van der Waals surface area contributed by atoms with Crippen molar-refractivity contribution in [3.05, 3.63) is 23.8 Å². The summed E-state index contributed by atoms with van der Waals surface area (Å²) in [6.07, 6.45) is 4.08. The summed E-state index contributed by atoms with van der Waals surface area (Å²) < 4.78 is 5.42. The number of hydrogen-bond acceptors (Lipinski definition) is 5. The number of nitrogens with zero attached hydrogens (tertiary/aromatic N) is 3. The van der Waals surface area contributed by atoms with Gasteiger partial charge in [0.1, 0.15) is 11.4 Å². The molecular weight excluding hydrogens is 316 g/mol. The molecule has 6 nitrogen and oxygen atoms in total. The van der Waals surface area contributed by atoms with Crippen LogP contribution in [0.25, 0.3) is 0 Å². The number of nitrogens with two attached hydrogens (primary N) is 1. The second-order valence-electron chi connectivity index (χ2n) is 6.68. The van der Waals surface area contributed by atoms with Crippen LogP contribution >= 0.6 is 12.4 Å². The van der Waals surface area contributed by atoms with E-state index >= 15 is 0 Å². The minimum absolute atomic E-state index is 0. The third-order valence-corrected chi connectivity index (χ3v) is 3.66. The van der Waals surface area contributed by atoms with Gasteiger partial charge in [-0.25, -0.2) is 14.8 Å². The van der Waals surface area contributed by atoms with Crippen LogP contribution in [0.3, 0.4) is 0 Å². The molecule has 0 unspecified atom stereocenters. The maximum absolute atomic E-state index is 12.1. The molecule has 23 heavy (non-hydrogen) atoms. The van der Waals surface area contributed by atoms with E-state index in [9.17, 15) is 4.79 Å². The first kappa shape index (κ1) is 19.6. The maximum atomic E-state index is 12.1. The molecule has 0 saturated carbocycles. The monoisotopic (exact) mass is 342 g/mol. The zero-order valence-corrected chi connectivity index (χ0v) is 14.9. The highest BCUT2D eigenvalue weighted by atomic mass is 35.5. The summed E-state index contributed by atoms with van der Waals surface area (Å²) in [4.78, 5) is 22.7. The molecule has 2 rings (SSSR count). The fraction of sp³-hybridized carbons (Fsp3) is 0.688. The minimum Gasteiger partial charge on any atom is -0.444 e. The summed E-state index contributed by atoms with van der Waals surface area (Å²) in [6.45, 7) is 7.62. The van der Waals surface area contributed by atoms with Crippen molar-refractivity contribution in [2.75, 3.05) is 19.6 Å². The molecule has 1 amide bonds. The molecule has 0 bridgehead atoms. The molecule has 2 N–H and O–H groups in total. The highest BCUT2D eigenvalue weighted by molar-refractivity contribution is 5.85. The van der Waals surface area contributed by atoms with Gasteiger partial charge in [-0.1, -0.05) is 0 Å². The number of hydrogen-bond donors (Lipinski definition) is 1. The number of piperidine rings is 1. The van der Waals surface area contributed by atoms with Crippen LogP contribution in [0.1, 0.15) is 51.0 Å². The number of likely N-dealkylation sites (tertiary alicyclic amines) is 1. The van der Waals surface area contributed by atoms with Crippen molar-refractivity contribution in [2.24, 2.45) is 5.73 Å². The van der Waals surface area contributed by atoms with E-state index in [-0.39, 0.29) is 18.5 Å². The summed E-state index contributed by atoms with van der Waals surface area (Å²) in [7, 11) is 0. The van der Waals surface area contributed by atoms with Crippen molar-refractivity contribution in [1.82, 2.24) is 14.9 Å². The normalized spacial score (nSPS) is 15.9. The largest absolute Gasteiger partial charge is 0.444 e. The van der Waals surface area contributed by atoms with E-state index in [1.54, 1.807) is 11.1 Å².